The zero-order chi connectivity index (χ0) is 22.7. The fourth-order valence-electron chi connectivity index (χ4n) is 3.97. The molecule has 1 aromatic rings. The molecule has 1 aromatic carbocycles. The van der Waals surface area contributed by atoms with Gasteiger partial charge in [0.2, 0.25) is 0 Å². The molecule has 0 bridgehead atoms. The van der Waals surface area contributed by atoms with Gasteiger partial charge in [-0.3, -0.25) is 9.80 Å². The molecule has 0 aliphatic carbocycles. The molecule has 8 nitrogen and oxygen atoms in total. The second kappa shape index (κ2) is 15.0. The Morgan fingerprint density at radius 1 is 1.03 bits per heavy atom. The fraction of sp³-hybridized carbons (Fsp3) is 0.708. The number of para-hydroxylation sites is 1. The van der Waals surface area contributed by atoms with Gasteiger partial charge in [-0.25, -0.2) is 4.99 Å². The van der Waals surface area contributed by atoms with Gasteiger partial charge in [0.25, 0.3) is 0 Å². The number of benzene rings is 1. The Balaban J connectivity index is 0.00000385. The van der Waals surface area contributed by atoms with E-state index in [-0.39, 0.29) is 29.5 Å². The van der Waals surface area contributed by atoms with E-state index >= 15 is 0 Å². The zero-order valence-corrected chi connectivity index (χ0v) is 22.8. The molecule has 2 fully saturated rings. The molecule has 0 radical (unpaired) electrons. The smallest absolute Gasteiger partial charge is 0.191 e. The molecule has 2 aliphatic heterocycles. The third kappa shape index (κ3) is 9.56. The molecular formula is C24H42IN5O3. The van der Waals surface area contributed by atoms with Crippen molar-refractivity contribution in [1.82, 2.24) is 20.4 Å². The van der Waals surface area contributed by atoms with Crippen LogP contribution in [0.2, 0.25) is 0 Å². The highest BCUT2D eigenvalue weighted by Crippen LogP contribution is 2.19. The number of nitrogens with one attached hydrogen (secondary N) is 2. The van der Waals surface area contributed by atoms with E-state index in [2.05, 4.69) is 47.3 Å². The lowest BCUT2D eigenvalue weighted by Crippen LogP contribution is -2.56. The zero-order valence-electron chi connectivity index (χ0n) is 20.5. The minimum Gasteiger partial charge on any atom is -0.492 e. The number of ether oxygens (including phenoxy) is 3. The molecule has 2 heterocycles. The van der Waals surface area contributed by atoms with Gasteiger partial charge < -0.3 is 24.8 Å². The van der Waals surface area contributed by atoms with E-state index in [4.69, 9.17) is 19.2 Å². The van der Waals surface area contributed by atoms with Crippen molar-refractivity contribution in [2.75, 3.05) is 78.8 Å². The highest BCUT2D eigenvalue weighted by Gasteiger charge is 2.28. The van der Waals surface area contributed by atoms with E-state index in [1.165, 1.54) is 0 Å². The minimum atomic E-state index is 0. The van der Waals surface area contributed by atoms with Crippen molar-refractivity contribution < 1.29 is 14.2 Å². The first kappa shape index (κ1) is 28.1. The average molecular weight is 576 g/mol. The summed E-state index contributed by atoms with van der Waals surface area (Å²) >= 11 is 0. The van der Waals surface area contributed by atoms with Gasteiger partial charge in [0, 0.05) is 56.9 Å². The van der Waals surface area contributed by atoms with Crippen LogP contribution in [0.1, 0.15) is 26.3 Å². The van der Waals surface area contributed by atoms with Crippen LogP contribution < -0.4 is 15.4 Å². The van der Waals surface area contributed by atoms with Gasteiger partial charge >= 0.3 is 0 Å². The van der Waals surface area contributed by atoms with Gasteiger partial charge in [0.1, 0.15) is 12.4 Å². The van der Waals surface area contributed by atoms with Crippen molar-refractivity contribution in [3.8, 4) is 5.75 Å². The molecule has 9 heteroatoms. The number of halogens is 1. The van der Waals surface area contributed by atoms with Crippen LogP contribution in [0.4, 0.5) is 0 Å². The number of morpholine rings is 2. The van der Waals surface area contributed by atoms with Crippen LogP contribution >= 0.6 is 24.0 Å². The van der Waals surface area contributed by atoms with Crippen molar-refractivity contribution >= 4 is 29.9 Å². The molecule has 0 spiro atoms. The Labute approximate surface area is 216 Å². The lowest BCUT2D eigenvalue weighted by molar-refractivity contribution is -0.00834. The standard InChI is InChI=1S/C24H41N5O3.HI/c1-4-25-23(27-20-24(2,3)29-12-16-31-17-13-29)26-19-21-7-5-6-8-22(21)32-18-11-28-9-14-30-15-10-28;/h5-8H,4,9-20H2,1-3H3,(H2,25,26,27);1H. The largest absolute Gasteiger partial charge is 0.492 e. The van der Waals surface area contributed by atoms with E-state index < -0.39 is 0 Å². The Bertz CT molecular complexity index is 707. The highest BCUT2D eigenvalue weighted by molar-refractivity contribution is 14.0. The number of guanidine groups is 1. The summed E-state index contributed by atoms with van der Waals surface area (Å²) in [5.41, 5.74) is 1.12. The van der Waals surface area contributed by atoms with Crippen LogP contribution in [0.25, 0.3) is 0 Å². The third-order valence-electron chi connectivity index (χ3n) is 6.05. The molecule has 0 unspecified atom stereocenters. The first-order valence-electron chi connectivity index (χ1n) is 11.9. The summed E-state index contributed by atoms with van der Waals surface area (Å²) in [6, 6.07) is 8.19. The monoisotopic (exact) mass is 575 g/mol. The molecule has 33 heavy (non-hydrogen) atoms. The molecular weight excluding hydrogens is 533 g/mol. The Kier molecular flexibility index (Phi) is 12.8. The molecule has 0 atom stereocenters. The summed E-state index contributed by atoms with van der Waals surface area (Å²) in [7, 11) is 0. The number of hydrogen-bond donors (Lipinski definition) is 2. The lowest BCUT2D eigenvalue weighted by atomic mass is 10.0. The molecule has 2 aliphatic rings. The Morgan fingerprint density at radius 2 is 1.70 bits per heavy atom. The number of rotatable bonds is 10. The van der Waals surface area contributed by atoms with E-state index in [0.29, 0.717) is 13.2 Å². The molecule has 0 saturated carbocycles. The summed E-state index contributed by atoms with van der Waals surface area (Å²) < 4.78 is 17.0. The maximum absolute atomic E-state index is 6.11. The maximum atomic E-state index is 6.11. The minimum absolute atomic E-state index is 0. The third-order valence-corrected chi connectivity index (χ3v) is 6.05. The van der Waals surface area contributed by atoms with E-state index in [9.17, 15) is 0 Å². The van der Waals surface area contributed by atoms with Crippen molar-refractivity contribution in [1.29, 1.82) is 0 Å². The van der Waals surface area contributed by atoms with Crippen molar-refractivity contribution in [3.63, 3.8) is 0 Å². The normalized spacial score (nSPS) is 18.5. The highest BCUT2D eigenvalue weighted by atomic mass is 127. The molecule has 188 valence electrons. The topological polar surface area (TPSA) is 70.6 Å². The first-order chi connectivity index (χ1) is 15.6. The number of aliphatic imine (C=N–C) groups is 1. The number of hydrogen-bond acceptors (Lipinski definition) is 6. The maximum Gasteiger partial charge on any atom is 0.191 e. The first-order valence-corrected chi connectivity index (χ1v) is 11.9. The van der Waals surface area contributed by atoms with Crippen LogP contribution in [0.5, 0.6) is 5.75 Å². The van der Waals surface area contributed by atoms with Gasteiger partial charge in [-0.1, -0.05) is 18.2 Å². The van der Waals surface area contributed by atoms with Gasteiger partial charge in [0.05, 0.1) is 33.0 Å². The van der Waals surface area contributed by atoms with Crippen molar-refractivity contribution in [3.05, 3.63) is 29.8 Å². The quantitative estimate of drug-likeness (QED) is 0.252. The van der Waals surface area contributed by atoms with Crippen LogP contribution in [0.3, 0.4) is 0 Å². The molecule has 3 rings (SSSR count). The van der Waals surface area contributed by atoms with Gasteiger partial charge in [-0.2, -0.15) is 0 Å². The number of nitrogens with zero attached hydrogens (tertiary/aromatic N) is 3. The van der Waals surface area contributed by atoms with E-state index in [1.807, 2.05) is 18.2 Å². The summed E-state index contributed by atoms with van der Waals surface area (Å²) in [6.07, 6.45) is 0. The Hall–Kier alpha value is -1.14. The molecule has 2 saturated heterocycles. The SMILES string of the molecule is CCNC(=NCc1ccccc1OCCN1CCOCC1)NCC(C)(C)N1CCOCC1.I. The second-order valence-electron chi connectivity index (χ2n) is 8.87. The van der Waals surface area contributed by atoms with Crippen molar-refractivity contribution in [2.24, 2.45) is 4.99 Å². The van der Waals surface area contributed by atoms with Crippen LogP contribution in [0, 0.1) is 0 Å². The molecule has 0 aromatic heterocycles. The van der Waals surface area contributed by atoms with Crippen molar-refractivity contribution in [2.45, 2.75) is 32.9 Å². The molecule has 2 N–H and O–H groups in total. The second-order valence-corrected chi connectivity index (χ2v) is 8.87. The van der Waals surface area contributed by atoms with Crippen LogP contribution in [-0.4, -0.2) is 100 Å². The summed E-state index contributed by atoms with van der Waals surface area (Å²) in [4.78, 5) is 9.69. The fourth-order valence-corrected chi connectivity index (χ4v) is 3.97. The average Bonchev–Trinajstić information content (AvgIpc) is 2.83. The summed E-state index contributed by atoms with van der Waals surface area (Å²) in [6.45, 7) is 17.6. The van der Waals surface area contributed by atoms with Gasteiger partial charge in [-0.15, -0.1) is 24.0 Å². The lowest BCUT2D eigenvalue weighted by Gasteiger charge is -2.41. The predicted octanol–water partition coefficient (Wildman–Crippen LogP) is 2.18. The van der Waals surface area contributed by atoms with E-state index in [1.54, 1.807) is 0 Å². The van der Waals surface area contributed by atoms with E-state index in [0.717, 1.165) is 89.5 Å². The van der Waals surface area contributed by atoms with Crippen LogP contribution in [-0.2, 0) is 16.0 Å². The van der Waals surface area contributed by atoms with Gasteiger partial charge in [-0.05, 0) is 26.8 Å². The van der Waals surface area contributed by atoms with Crippen LogP contribution in [0.15, 0.2) is 29.3 Å². The van der Waals surface area contributed by atoms with Gasteiger partial charge in [0.15, 0.2) is 5.96 Å². The summed E-state index contributed by atoms with van der Waals surface area (Å²) in [5.74, 6) is 1.74. The Morgan fingerprint density at radius 3 is 2.39 bits per heavy atom. The molecule has 0 amide bonds. The predicted molar refractivity (Wildman–Crippen MR) is 144 cm³/mol. The summed E-state index contributed by atoms with van der Waals surface area (Å²) in [5, 5.41) is 6.90.